The molecule has 148 valence electrons. The van der Waals surface area contributed by atoms with E-state index in [4.69, 9.17) is 9.47 Å². The molecular formula is C20H28NO5P. The number of carbonyl (C=O) groups excluding carboxylic acids is 2. The number of hydrogen-bond donors (Lipinski definition) is 2. The predicted octanol–water partition coefficient (Wildman–Crippen LogP) is 2.82. The highest BCUT2D eigenvalue weighted by molar-refractivity contribution is 7.40. The maximum Gasteiger partial charge on any atom is 0.306 e. The summed E-state index contributed by atoms with van der Waals surface area (Å²) in [6.07, 6.45) is 2.67. The lowest BCUT2D eigenvalue weighted by Gasteiger charge is -2.29. The normalized spacial score (nSPS) is 13.0. The molecule has 1 atom stereocenters. The SMILES string of the molecule is C=CCOC(=O)CCC(CCO)(CNC(=O)c1ccccc1OC)P=CC. The van der Waals surface area contributed by atoms with E-state index in [0.29, 0.717) is 30.7 Å². The van der Waals surface area contributed by atoms with Crippen LogP contribution < -0.4 is 10.1 Å². The van der Waals surface area contributed by atoms with E-state index in [1.165, 1.54) is 13.2 Å². The average Bonchev–Trinajstić information content (AvgIpc) is 2.69. The molecular weight excluding hydrogens is 365 g/mol. The number of carbonyl (C=O) groups is 2. The molecule has 0 aliphatic carbocycles. The number of methoxy groups -OCH3 is 1. The van der Waals surface area contributed by atoms with Crippen molar-refractivity contribution in [3.05, 3.63) is 42.5 Å². The summed E-state index contributed by atoms with van der Waals surface area (Å²) in [5.74, 6) is 1.88. The Balaban J connectivity index is 2.85. The van der Waals surface area contributed by atoms with Gasteiger partial charge in [0.15, 0.2) is 0 Å². The minimum Gasteiger partial charge on any atom is -0.496 e. The summed E-state index contributed by atoms with van der Waals surface area (Å²) >= 11 is 0. The maximum atomic E-state index is 12.6. The first kappa shape index (κ1) is 22.9. The molecule has 1 rings (SSSR count). The van der Waals surface area contributed by atoms with Gasteiger partial charge in [-0.1, -0.05) is 30.6 Å². The number of nitrogens with one attached hydrogen (secondary N) is 1. The zero-order chi connectivity index (χ0) is 20.1. The Morgan fingerprint density at radius 2 is 2.07 bits per heavy atom. The summed E-state index contributed by atoms with van der Waals surface area (Å²) < 4.78 is 10.3. The fraction of sp³-hybridized carbons (Fsp3) is 0.450. The summed E-state index contributed by atoms with van der Waals surface area (Å²) in [5.41, 5.74) is 0.445. The molecule has 0 aliphatic rings. The van der Waals surface area contributed by atoms with Crippen molar-refractivity contribution in [1.29, 1.82) is 0 Å². The standard InChI is InChI=1S/C20H28NO5P/c1-4-14-26-18(23)10-11-20(12-13-22,27-5-2)15-21-19(24)16-8-6-7-9-17(16)25-3/h4-9,22H,1,10-15H2,2-3H3,(H,21,24). The van der Waals surface area contributed by atoms with Gasteiger partial charge >= 0.3 is 5.97 Å². The second kappa shape index (κ2) is 12.3. The van der Waals surface area contributed by atoms with Crippen LogP contribution in [-0.2, 0) is 9.53 Å². The van der Waals surface area contributed by atoms with Crippen LogP contribution in [0.4, 0.5) is 0 Å². The van der Waals surface area contributed by atoms with E-state index in [1.807, 2.05) is 12.7 Å². The third kappa shape index (κ3) is 7.53. The molecule has 2 N–H and O–H groups in total. The van der Waals surface area contributed by atoms with Gasteiger partial charge in [0.25, 0.3) is 5.91 Å². The molecule has 0 saturated heterocycles. The molecule has 1 aromatic rings. The van der Waals surface area contributed by atoms with Gasteiger partial charge in [-0.3, -0.25) is 9.59 Å². The first-order chi connectivity index (χ1) is 13.0. The van der Waals surface area contributed by atoms with Crippen molar-refractivity contribution in [2.75, 3.05) is 26.9 Å². The number of hydrogen-bond acceptors (Lipinski definition) is 5. The third-order valence-corrected chi connectivity index (χ3v) is 5.48. The number of ether oxygens (including phenoxy) is 2. The van der Waals surface area contributed by atoms with Crippen LogP contribution in [0.1, 0.15) is 36.5 Å². The van der Waals surface area contributed by atoms with E-state index < -0.39 is 5.16 Å². The van der Waals surface area contributed by atoms with Gasteiger partial charge in [-0.05, 0) is 31.9 Å². The van der Waals surface area contributed by atoms with E-state index >= 15 is 0 Å². The number of aliphatic hydroxyl groups is 1. The van der Waals surface area contributed by atoms with Crippen molar-refractivity contribution in [2.45, 2.75) is 31.3 Å². The van der Waals surface area contributed by atoms with Gasteiger partial charge in [-0.25, -0.2) is 0 Å². The van der Waals surface area contributed by atoms with Crippen LogP contribution in [-0.4, -0.2) is 54.8 Å². The molecule has 7 heteroatoms. The lowest BCUT2D eigenvalue weighted by atomic mass is 9.98. The number of rotatable bonds is 12. The maximum absolute atomic E-state index is 12.6. The van der Waals surface area contributed by atoms with E-state index in [2.05, 4.69) is 11.9 Å². The number of benzene rings is 1. The van der Waals surface area contributed by atoms with Crippen molar-refractivity contribution >= 4 is 25.9 Å². The Bertz CT molecular complexity index is 662. The molecule has 0 heterocycles. The molecule has 0 spiro atoms. The van der Waals surface area contributed by atoms with Crippen LogP contribution in [0.3, 0.4) is 0 Å². The lowest BCUT2D eigenvalue weighted by Crippen LogP contribution is -2.40. The van der Waals surface area contributed by atoms with Crippen LogP contribution in [0.25, 0.3) is 0 Å². The predicted molar refractivity (Wildman–Crippen MR) is 109 cm³/mol. The molecule has 1 unspecified atom stereocenters. The molecule has 1 amide bonds. The molecule has 6 nitrogen and oxygen atoms in total. The van der Waals surface area contributed by atoms with Gasteiger partial charge in [0, 0.05) is 24.7 Å². The minimum absolute atomic E-state index is 0.0346. The summed E-state index contributed by atoms with van der Waals surface area (Å²) in [4.78, 5) is 24.4. The second-order valence-corrected chi connectivity index (χ2v) is 7.66. The molecule has 0 saturated carbocycles. The van der Waals surface area contributed by atoms with Crippen molar-refractivity contribution in [3.63, 3.8) is 0 Å². The Morgan fingerprint density at radius 3 is 2.70 bits per heavy atom. The van der Waals surface area contributed by atoms with Crippen LogP contribution in [0, 0.1) is 0 Å². The molecule has 1 aromatic carbocycles. The van der Waals surface area contributed by atoms with E-state index in [1.54, 1.807) is 24.3 Å². The molecule has 0 aliphatic heterocycles. The Kier molecular flexibility index (Phi) is 10.4. The lowest BCUT2D eigenvalue weighted by molar-refractivity contribution is -0.142. The summed E-state index contributed by atoms with van der Waals surface area (Å²) in [7, 11) is 2.46. The first-order valence-corrected chi connectivity index (χ1v) is 9.76. The Labute approximate surface area is 162 Å². The molecule has 0 fully saturated rings. The van der Waals surface area contributed by atoms with Crippen LogP contribution in [0.5, 0.6) is 5.75 Å². The summed E-state index contributed by atoms with van der Waals surface area (Å²) in [5, 5.41) is 12.0. The van der Waals surface area contributed by atoms with Gasteiger partial charge in [0.2, 0.25) is 0 Å². The topological polar surface area (TPSA) is 84.9 Å². The van der Waals surface area contributed by atoms with Gasteiger partial charge < -0.3 is 19.9 Å². The van der Waals surface area contributed by atoms with Gasteiger partial charge in [0.1, 0.15) is 12.4 Å². The summed E-state index contributed by atoms with van der Waals surface area (Å²) in [6, 6.07) is 6.99. The Hall–Kier alpha value is -2.17. The van der Waals surface area contributed by atoms with Gasteiger partial charge in [-0.2, -0.15) is 0 Å². The monoisotopic (exact) mass is 393 g/mol. The Morgan fingerprint density at radius 1 is 1.33 bits per heavy atom. The zero-order valence-corrected chi connectivity index (χ0v) is 16.8. The number of amides is 1. The number of aliphatic hydroxyl groups excluding tert-OH is 1. The molecule has 0 aromatic heterocycles. The second-order valence-electron chi connectivity index (χ2n) is 5.94. The minimum atomic E-state index is -0.450. The van der Waals surface area contributed by atoms with Gasteiger partial charge in [0.05, 0.1) is 12.7 Å². The van der Waals surface area contributed by atoms with Crippen molar-refractivity contribution in [3.8, 4) is 5.75 Å². The fourth-order valence-electron chi connectivity index (χ4n) is 2.69. The van der Waals surface area contributed by atoms with Crippen LogP contribution in [0.2, 0.25) is 0 Å². The molecule has 0 radical (unpaired) electrons. The van der Waals surface area contributed by atoms with Crippen molar-refractivity contribution in [1.82, 2.24) is 5.32 Å². The average molecular weight is 393 g/mol. The largest absolute Gasteiger partial charge is 0.496 e. The highest BCUT2D eigenvalue weighted by atomic mass is 31.1. The van der Waals surface area contributed by atoms with Crippen molar-refractivity contribution < 1.29 is 24.2 Å². The summed E-state index contributed by atoms with van der Waals surface area (Å²) in [6.45, 7) is 5.89. The zero-order valence-electron chi connectivity index (χ0n) is 15.9. The van der Waals surface area contributed by atoms with E-state index in [0.717, 1.165) is 8.20 Å². The molecule has 27 heavy (non-hydrogen) atoms. The number of esters is 1. The fourth-order valence-corrected chi connectivity index (χ4v) is 3.88. The third-order valence-electron chi connectivity index (χ3n) is 4.07. The highest BCUT2D eigenvalue weighted by Gasteiger charge is 2.29. The number of para-hydroxylation sites is 1. The van der Waals surface area contributed by atoms with E-state index in [9.17, 15) is 14.7 Å². The van der Waals surface area contributed by atoms with Crippen LogP contribution in [0.15, 0.2) is 36.9 Å². The smallest absolute Gasteiger partial charge is 0.306 e. The molecule has 0 bridgehead atoms. The van der Waals surface area contributed by atoms with Crippen molar-refractivity contribution in [2.24, 2.45) is 0 Å². The highest BCUT2D eigenvalue weighted by Crippen LogP contribution is 2.33. The van der Waals surface area contributed by atoms with Gasteiger partial charge in [-0.15, -0.1) is 8.20 Å². The quantitative estimate of drug-likeness (QED) is 0.324. The first-order valence-electron chi connectivity index (χ1n) is 8.80. The van der Waals surface area contributed by atoms with E-state index in [-0.39, 0.29) is 31.5 Å². The van der Waals surface area contributed by atoms with Crippen LogP contribution >= 0.6 is 8.20 Å².